The van der Waals surface area contributed by atoms with Crippen molar-refractivity contribution in [2.45, 2.75) is 12.8 Å². The van der Waals surface area contributed by atoms with E-state index in [2.05, 4.69) is 0 Å². The first-order valence-corrected chi connectivity index (χ1v) is 6.33. The Kier molecular flexibility index (Phi) is 4.82. The molecule has 20 heavy (non-hydrogen) atoms. The summed E-state index contributed by atoms with van der Waals surface area (Å²) in [6.45, 7) is 0.0937. The van der Waals surface area contributed by atoms with E-state index in [4.69, 9.17) is 4.74 Å². The molecule has 0 spiro atoms. The zero-order valence-electron chi connectivity index (χ0n) is 10.8. The zero-order valence-corrected chi connectivity index (χ0v) is 10.8. The van der Waals surface area contributed by atoms with Crippen molar-refractivity contribution in [3.63, 3.8) is 0 Å². The molecular formula is C16H14F2O2. The summed E-state index contributed by atoms with van der Waals surface area (Å²) in [5, 5.41) is 0. The van der Waals surface area contributed by atoms with Crippen LogP contribution in [0.3, 0.4) is 0 Å². The second kappa shape index (κ2) is 6.80. The van der Waals surface area contributed by atoms with Crippen LogP contribution >= 0.6 is 0 Å². The molecule has 0 atom stereocenters. The van der Waals surface area contributed by atoms with Gasteiger partial charge in [-0.3, -0.25) is 4.79 Å². The van der Waals surface area contributed by atoms with Crippen molar-refractivity contribution in [3.05, 3.63) is 65.7 Å². The van der Waals surface area contributed by atoms with Crippen molar-refractivity contribution >= 4 is 5.78 Å². The molecule has 0 aliphatic carbocycles. The Bertz CT molecular complexity index is 562. The van der Waals surface area contributed by atoms with Gasteiger partial charge in [0.1, 0.15) is 0 Å². The molecule has 0 bridgehead atoms. The van der Waals surface area contributed by atoms with Gasteiger partial charge in [0.2, 0.25) is 0 Å². The van der Waals surface area contributed by atoms with Crippen molar-refractivity contribution in [1.29, 1.82) is 0 Å². The Labute approximate surface area is 116 Å². The lowest BCUT2D eigenvalue weighted by molar-refractivity contribution is 0.0973. The molecule has 104 valence electrons. The van der Waals surface area contributed by atoms with Crippen LogP contribution in [0.15, 0.2) is 48.5 Å². The predicted molar refractivity (Wildman–Crippen MR) is 71.9 cm³/mol. The predicted octanol–water partition coefficient (Wildman–Crippen LogP) is 4.01. The van der Waals surface area contributed by atoms with Gasteiger partial charge in [-0.15, -0.1) is 0 Å². The molecule has 2 aromatic rings. The highest BCUT2D eigenvalue weighted by molar-refractivity contribution is 5.95. The Balaban J connectivity index is 1.81. The highest BCUT2D eigenvalue weighted by Crippen LogP contribution is 2.21. The standard InChI is InChI=1S/C16H14F2O2/c17-13-8-4-9-14(18)16(13)20-11-5-10-15(19)12-6-2-1-3-7-12/h1-4,6-9H,5,10-11H2. The first-order valence-electron chi connectivity index (χ1n) is 6.33. The van der Waals surface area contributed by atoms with Crippen LogP contribution in [-0.2, 0) is 0 Å². The van der Waals surface area contributed by atoms with Crippen LogP contribution in [0.5, 0.6) is 5.75 Å². The fourth-order valence-corrected chi connectivity index (χ4v) is 1.80. The average molecular weight is 276 g/mol. The van der Waals surface area contributed by atoms with Crippen LogP contribution in [0.2, 0.25) is 0 Å². The van der Waals surface area contributed by atoms with Crippen molar-refractivity contribution in [2.75, 3.05) is 6.61 Å². The van der Waals surface area contributed by atoms with Crippen LogP contribution in [0.1, 0.15) is 23.2 Å². The first-order chi connectivity index (χ1) is 9.68. The summed E-state index contributed by atoms with van der Waals surface area (Å²) in [5.74, 6) is -1.87. The lowest BCUT2D eigenvalue weighted by atomic mass is 10.1. The van der Waals surface area contributed by atoms with Gasteiger partial charge in [0.15, 0.2) is 23.2 Å². The number of carbonyl (C=O) groups is 1. The summed E-state index contributed by atoms with van der Waals surface area (Å²) in [7, 11) is 0. The average Bonchev–Trinajstić information content (AvgIpc) is 2.46. The third-order valence-electron chi connectivity index (χ3n) is 2.81. The maximum Gasteiger partial charge on any atom is 0.190 e. The minimum atomic E-state index is -0.737. The highest BCUT2D eigenvalue weighted by Gasteiger charge is 2.10. The maximum atomic E-state index is 13.3. The molecule has 4 heteroatoms. The number of ether oxygens (including phenoxy) is 1. The van der Waals surface area contributed by atoms with Crippen LogP contribution < -0.4 is 4.74 Å². The molecule has 2 aromatic carbocycles. The van der Waals surface area contributed by atoms with Gasteiger partial charge in [0.25, 0.3) is 0 Å². The first kappa shape index (κ1) is 14.2. The molecule has 0 saturated heterocycles. The molecule has 0 aromatic heterocycles. The minimum absolute atomic E-state index is 0.0109. The second-order valence-corrected chi connectivity index (χ2v) is 4.29. The van der Waals surface area contributed by atoms with Crippen molar-refractivity contribution < 1.29 is 18.3 Å². The van der Waals surface area contributed by atoms with Crippen molar-refractivity contribution in [1.82, 2.24) is 0 Å². The zero-order chi connectivity index (χ0) is 14.4. The van der Waals surface area contributed by atoms with Crippen molar-refractivity contribution in [3.8, 4) is 5.75 Å². The molecule has 2 nitrogen and oxygen atoms in total. The fourth-order valence-electron chi connectivity index (χ4n) is 1.80. The lowest BCUT2D eigenvalue weighted by Crippen LogP contribution is -2.05. The molecule has 0 heterocycles. The number of halogens is 2. The van der Waals surface area contributed by atoms with Gasteiger partial charge in [-0.2, -0.15) is 0 Å². The Hall–Kier alpha value is -2.23. The number of ketones is 1. The molecule has 0 N–H and O–H groups in total. The molecule has 0 aliphatic heterocycles. The summed E-state index contributed by atoms with van der Waals surface area (Å²) in [5.41, 5.74) is 0.629. The van der Waals surface area contributed by atoms with Crippen LogP contribution in [0.4, 0.5) is 8.78 Å². The normalized spacial score (nSPS) is 10.3. The quantitative estimate of drug-likeness (QED) is 0.588. The number of Topliss-reactive ketones (excluding diaryl/α,β-unsaturated/α-hetero) is 1. The van der Waals surface area contributed by atoms with E-state index in [-0.39, 0.29) is 24.6 Å². The molecule has 0 amide bonds. The van der Waals surface area contributed by atoms with Crippen molar-refractivity contribution in [2.24, 2.45) is 0 Å². The number of hydrogen-bond donors (Lipinski definition) is 0. The summed E-state index contributed by atoms with van der Waals surface area (Å²) in [6.07, 6.45) is 0.682. The summed E-state index contributed by atoms with van der Waals surface area (Å²) in [4.78, 5) is 11.8. The SMILES string of the molecule is O=C(CCCOc1c(F)cccc1F)c1ccccc1. The molecule has 0 fully saturated rings. The van der Waals surface area contributed by atoms with Gasteiger partial charge in [0.05, 0.1) is 6.61 Å². The summed E-state index contributed by atoms with van der Waals surface area (Å²) >= 11 is 0. The van der Waals surface area contributed by atoms with E-state index in [1.165, 1.54) is 6.07 Å². The molecule has 0 radical (unpaired) electrons. The van der Waals surface area contributed by atoms with Crippen LogP contribution in [-0.4, -0.2) is 12.4 Å². The van der Waals surface area contributed by atoms with E-state index >= 15 is 0 Å². The number of rotatable bonds is 6. The molecule has 0 unspecified atom stereocenters. The van der Waals surface area contributed by atoms with E-state index in [0.29, 0.717) is 12.0 Å². The largest absolute Gasteiger partial charge is 0.488 e. The number of para-hydroxylation sites is 1. The van der Waals surface area contributed by atoms with Gasteiger partial charge >= 0.3 is 0 Å². The Morgan fingerprint density at radius 3 is 2.25 bits per heavy atom. The third kappa shape index (κ3) is 3.63. The van der Waals surface area contributed by atoms with E-state index < -0.39 is 11.6 Å². The van der Waals surface area contributed by atoms with Gasteiger partial charge in [-0.1, -0.05) is 36.4 Å². The molecule has 0 saturated carbocycles. The van der Waals surface area contributed by atoms with E-state index in [1.54, 1.807) is 24.3 Å². The number of hydrogen-bond acceptors (Lipinski definition) is 2. The molecule has 0 aliphatic rings. The van der Waals surface area contributed by atoms with Crippen LogP contribution in [0.25, 0.3) is 0 Å². The Morgan fingerprint density at radius 2 is 1.60 bits per heavy atom. The molecule has 2 rings (SSSR count). The Morgan fingerprint density at radius 1 is 0.950 bits per heavy atom. The lowest BCUT2D eigenvalue weighted by Gasteiger charge is -2.07. The van der Waals surface area contributed by atoms with E-state index in [9.17, 15) is 13.6 Å². The third-order valence-corrected chi connectivity index (χ3v) is 2.81. The van der Waals surface area contributed by atoms with Gasteiger partial charge in [-0.25, -0.2) is 8.78 Å². The summed E-state index contributed by atoms with van der Waals surface area (Å²) < 4.78 is 31.6. The number of benzene rings is 2. The minimum Gasteiger partial charge on any atom is -0.488 e. The smallest absolute Gasteiger partial charge is 0.190 e. The fraction of sp³-hybridized carbons (Fsp3) is 0.188. The molecular weight excluding hydrogens is 262 g/mol. The van der Waals surface area contributed by atoms with E-state index in [1.807, 2.05) is 6.07 Å². The maximum absolute atomic E-state index is 13.3. The van der Waals surface area contributed by atoms with Gasteiger partial charge < -0.3 is 4.74 Å². The highest BCUT2D eigenvalue weighted by atomic mass is 19.1. The second-order valence-electron chi connectivity index (χ2n) is 4.29. The van der Waals surface area contributed by atoms with Gasteiger partial charge in [-0.05, 0) is 18.6 Å². The van der Waals surface area contributed by atoms with Crippen LogP contribution in [0, 0.1) is 11.6 Å². The van der Waals surface area contributed by atoms with E-state index in [0.717, 1.165) is 12.1 Å². The summed E-state index contributed by atoms with van der Waals surface area (Å²) in [6, 6.07) is 12.4. The topological polar surface area (TPSA) is 26.3 Å². The monoisotopic (exact) mass is 276 g/mol. The van der Waals surface area contributed by atoms with Gasteiger partial charge in [0, 0.05) is 12.0 Å². The number of carbonyl (C=O) groups excluding carboxylic acids is 1.